The van der Waals surface area contributed by atoms with Gasteiger partial charge in [0.25, 0.3) is 15.6 Å². The molecule has 3 heterocycles. The number of aryl methyl sites for hydroxylation is 3. The van der Waals surface area contributed by atoms with Crippen LogP contribution in [-0.2, 0) is 16.4 Å². The lowest BCUT2D eigenvalue weighted by Crippen LogP contribution is -2.30. The van der Waals surface area contributed by atoms with Crippen molar-refractivity contribution in [3.8, 4) is 5.69 Å². The van der Waals surface area contributed by atoms with Gasteiger partial charge in [-0.15, -0.1) is 0 Å². The first-order valence-corrected chi connectivity index (χ1v) is 14.0. The molecule has 0 aliphatic carbocycles. The lowest BCUT2D eigenvalue weighted by molar-refractivity contribution is 0.589. The second kappa shape index (κ2) is 9.77. The van der Waals surface area contributed by atoms with Crippen LogP contribution in [0.3, 0.4) is 0 Å². The summed E-state index contributed by atoms with van der Waals surface area (Å²) >= 11 is 0. The molecule has 9 nitrogen and oxygen atoms in total. The molecule has 5 rings (SSSR count). The zero-order valence-electron chi connectivity index (χ0n) is 22.4. The summed E-state index contributed by atoms with van der Waals surface area (Å²) in [5, 5.41) is 4.80. The molecule has 0 amide bonds. The maximum absolute atomic E-state index is 13.5. The Kier molecular flexibility index (Phi) is 6.59. The Labute approximate surface area is 225 Å². The van der Waals surface area contributed by atoms with Crippen molar-refractivity contribution in [2.45, 2.75) is 51.9 Å². The molecule has 5 aromatic rings. The number of hydrogen-bond donors (Lipinski definition) is 1. The molecule has 0 saturated heterocycles. The van der Waals surface area contributed by atoms with E-state index < -0.39 is 21.3 Å². The lowest BCUT2D eigenvalue weighted by Gasteiger charge is -2.13. The van der Waals surface area contributed by atoms with Crippen molar-refractivity contribution < 1.29 is 8.42 Å². The lowest BCUT2D eigenvalue weighted by atomic mass is 9.96. The van der Waals surface area contributed by atoms with E-state index in [9.17, 15) is 18.0 Å². The van der Waals surface area contributed by atoms with Crippen LogP contribution < -0.4 is 11.2 Å². The summed E-state index contributed by atoms with van der Waals surface area (Å²) in [5.41, 5.74) is 5.57. The summed E-state index contributed by atoms with van der Waals surface area (Å²) in [4.78, 5) is 30.7. The molecule has 0 atom stereocenters. The fourth-order valence-corrected chi connectivity index (χ4v) is 6.20. The molecule has 200 valence electrons. The van der Waals surface area contributed by atoms with Gasteiger partial charge in [0.05, 0.1) is 22.3 Å². The molecular weight excluding hydrogens is 514 g/mol. The molecule has 3 aromatic heterocycles. The van der Waals surface area contributed by atoms with E-state index in [4.69, 9.17) is 0 Å². The van der Waals surface area contributed by atoms with Crippen LogP contribution in [0.15, 0.2) is 75.5 Å². The van der Waals surface area contributed by atoms with E-state index >= 15 is 0 Å². The Morgan fingerprint density at radius 2 is 1.62 bits per heavy atom. The van der Waals surface area contributed by atoms with E-state index in [1.807, 2.05) is 52.8 Å². The third kappa shape index (κ3) is 4.83. The summed E-state index contributed by atoms with van der Waals surface area (Å²) in [7, 11) is -3.80. The zero-order chi connectivity index (χ0) is 28.1. The number of pyridine rings is 1. The van der Waals surface area contributed by atoms with Crippen molar-refractivity contribution in [2.24, 2.45) is 0 Å². The van der Waals surface area contributed by atoms with Crippen molar-refractivity contribution in [3.05, 3.63) is 115 Å². The summed E-state index contributed by atoms with van der Waals surface area (Å²) < 4.78 is 29.6. The number of rotatable bonds is 6. The molecule has 10 heteroatoms. The fourth-order valence-electron chi connectivity index (χ4n) is 4.83. The topological polar surface area (TPSA) is 120 Å². The summed E-state index contributed by atoms with van der Waals surface area (Å²) in [6.45, 7) is 9.90. The second-order valence-corrected chi connectivity index (χ2v) is 11.9. The van der Waals surface area contributed by atoms with E-state index in [1.54, 1.807) is 36.7 Å². The highest BCUT2D eigenvalue weighted by atomic mass is 32.2. The van der Waals surface area contributed by atoms with Crippen LogP contribution in [-0.4, -0.2) is 32.1 Å². The molecule has 1 N–H and O–H groups in total. The van der Waals surface area contributed by atoms with Crippen LogP contribution in [0.2, 0.25) is 0 Å². The van der Waals surface area contributed by atoms with Crippen molar-refractivity contribution in [2.75, 3.05) is 0 Å². The van der Waals surface area contributed by atoms with Gasteiger partial charge in [-0.1, -0.05) is 31.5 Å². The maximum Gasteiger partial charge on any atom is 0.349 e. The Balaban J connectivity index is 1.56. The van der Waals surface area contributed by atoms with Gasteiger partial charge >= 0.3 is 5.69 Å². The van der Waals surface area contributed by atoms with Crippen LogP contribution in [0.4, 0.5) is 0 Å². The van der Waals surface area contributed by atoms with E-state index in [2.05, 4.69) is 15.1 Å². The Hall–Kier alpha value is -4.31. The van der Waals surface area contributed by atoms with Crippen molar-refractivity contribution in [3.63, 3.8) is 0 Å². The van der Waals surface area contributed by atoms with Crippen molar-refractivity contribution in [1.29, 1.82) is 0 Å². The van der Waals surface area contributed by atoms with Crippen LogP contribution in [0.5, 0.6) is 0 Å². The minimum absolute atomic E-state index is 0.100. The van der Waals surface area contributed by atoms with Gasteiger partial charge in [0.15, 0.2) is 0 Å². The Morgan fingerprint density at radius 3 is 2.23 bits per heavy atom. The first-order chi connectivity index (χ1) is 18.5. The number of nitrogens with one attached hydrogen (secondary N) is 1. The maximum atomic E-state index is 13.5. The third-order valence-corrected chi connectivity index (χ3v) is 8.63. The highest BCUT2D eigenvalue weighted by Gasteiger charge is 2.23. The van der Waals surface area contributed by atoms with Crippen LogP contribution in [0.25, 0.3) is 16.6 Å². The van der Waals surface area contributed by atoms with Crippen molar-refractivity contribution in [1.82, 2.24) is 23.7 Å². The SMILES string of the molecule is Cc1ccc(S(=O)(=O)n2cc(C(C)C)c3cc(Cc4c(C)cc(-n5ncc(=O)[nH]c5=O)cc4C)ncc32)cc1. The number of nitrogens with zero attached hydrogens (tertiary/aromatic N) is 4. The van der Waals surface area contributed by atoms with Gasteiger partial charge in [-0.05, 0) is 79.3 Å². The van der Waals surface area contributed by atoms with Crippen molar-refractivity contribution >= 4 is 20.9 Å². The molecule has 0 radical (unpaired) electrons. The quantitative estimate of drug-likeness (QED) is 0.344. The van der Waals surface area contributed by atoms with E-state index in [0.717, 1.165) is 49.8 Å². The first-order valence-electron chi connectivity index (χ1n) is 12.6. The minimum Gasteiger partial charge on any atom is -0.271 e. The first kappa shape index (κ1) is 26.3. The molecule has 0 aliphatic heterocycles. The highest BCUT2D eigenvalue weighted by Crippen LogP contribution is 2.31. The summed E-state index contributed by atoms with van der Waals surface area (Å²) in [6, 6.07) is 12.5. The van der Waals surface area contributed by atoms with E-state index in [0.29, 0.717) is 17.6 Å². The molecule has 0 aliphatic rings. The molecule has 0 saturated carbocycles. The third-order valence-electron chi connectivity index (χ3n) is 6.94. The van der Waals surface area contributed by atoms with Gasteiger partial charge in [-0.2, -0.15) is 9.78 Å². The van der Waals surface area contributed by atoms with Gasteiger partial charge in [0.2, 0.25) is 0 Å². The van der Waals surface area contributed by atoms with Gasteiger partial charge < -0.3 is 0 Å². The number of H-pyrrole nitrogens is 1. The minimum atomic E-state index is -3.80. The van der Waals surface area contributed by atoms with E-state index in [1.165, 1.54) is 3.97 Å². The monoisotopic (exact) mass is 543 g/mol. The fraction of sp³-hybridized carbons (Fsp3) is 0.241. The smallest absolute Gasteiger partial charge is 0.271 e. The number of hydrogen-bond acceptors (Lipinski definition) is 6. The Bertz CT molecular complexity index is 1930. The molecule has 0 fully saturated rings. The standard InChI is InChI=1S/C29H29N5O4S/c1-17(2)26-16-33(39(37,38)23-8-6-18(3)7-9-23)27-14-30-21(13-25(26)27)12-24-19(4)10-22(11-20(24)5)34-29(36)32-28(35)15-31-34/h6-11,13-17H,12H2,1-5H3,(H,32,35,36). The number of fused-ring (bicyclic) bond motifs is 1. The molecule has 2 aromatic carbocycles. The average molecular weight is 544 g/mol. The summed E-state index contributed by atoms with van der Waals surface area (Å²) in [6.07, 6.45) is 4.92. The van der Waals surface area contributed by atoms with Gasteiger partial charge in [-0.3, -0.25) is 14.8 Å². The van der Waals surface area contributed by atoms with Gasteiger partial charge in [-0.25, -0.2) is 17.2 Å². The molecule has 0 unspecified atom stereocenters. The second-order valence-electron chi connectivity index (χ2n) is 10.1. The van der Waals surface area contributed by atoms with E-state index in [-0.39, 0.29) is 10.8 Å². The van der Waals surface area contributed by atoms with Gasteiger partial charge in [0, 0.05) is 23.7 Å². The van der Waals surface area contributed by atoms with Crippen LogP contribution >= 0.6 is 0 Å². The molecule has 39 heavy (non-hydrogen) atoms. The van der Waals surface area contributed by atoms with Gasteiger partial charge in [0.1, 0.15) is 6.20 Å². The molecular formula is C29H29N5O4S. The largest absolute Gasteiger partial charge is 0.349 e. The Morgan fingerprint density at radius 1 is 0.949 bits per heavy atom. The molecule has 0 spiro atoms. The van der Waals surface area contributed by atoms with Crippen LogP contribution in [0.1, 0.15) is 53.3 Å². The number of aromatic nitrogens is 5. The number of aromatic amines is 1. The summed E-state index contributed by atoms with van der Waals surface area (Å²) in [5.74, 6) is 0.100. The number of benzene rings is 2. The zero-order valence-corrected chi connectivity index (χ0v) is 23.2. The predicted molar refractivity (Wildman–Crippen MR) is 150 cm³/mol. The van der Waals surface area contributed by atoms with Crippen LogP contribution in [0, 0.1) is 20.8 Å². The normalized spacial score (nSPS) is 11.9. The molecule has 0 bridgehead atoms. The average Bonchev–Trinajstić information content (AvgIpc) is 3.26. The highest BCUT2D eigenvalue weighted by molar-refractivity contribution is 7.90. The predicted octanol–water partition coefficient (Wildman–Crippen LogP) is 4.15.